The van der Waals surface area contributed by atoms with E-state index in [2.05, 4.69) is 20.6 Å². The maximum absolute atomic E-state index is 12.0. The van der Waals surface area contributed by atoms with Gasteiger partial charge in [-0.2, -0.15) is 0 Å². The summed E-state index contributed by atoms with van der Waals surface area (Å²) >= 11 is 1.29. The van der Waals surface area contributed by atoms with E-state index in [1.807, 2.05) is 26.0 Å². The molecule has 0 saturated heterocycles. The number of benzene rings is 1. The molecule has 0 spiro atoms. The molecule has 0 atom stereocenters. The third-order valence-electron chi connectivity index (χ3n) is 2.93. The van der Waals surface area contributed by atoms with E-state index < -0.39 is 0 Å². The monoisotopic (exact) mass is 330 g/mol. The van der Waals surface area contributed by atoms with Gasteiger partial charge in [0.15, 0.2) is 5.16 Å². The fraction of sp³-hybridized carbons (Fsp3) is 0.250. The minimum Gasteiger partial charge on any atom is -0.326 e. The summed E-state index contributed by atoms with van der Waals surface area (Å²) in [6.45, 7) is 5.21. The number of anilines is 2. The summed E-state index contributed by atoms with van der Waals surface area (Å²) in [4.78, 5) is 31.4. The second-order valence-electron chi connectivity index (χ2n) is 5.03. The molecule has 0 saturated carbocycles. The molecule has 23 heavy (non-hydrogen) atoms. The predicted octanol–water partition coefficient (Wildman–Crippen LogP) is 2.78. The molecule has 0 fully saturated rings. The van der Waals surface area contributed by atoms with Crippen molar-refractivity contribution >= 4 is 35.0 Å². The number of thioether (sulfide) groups is 1. The lowest BCUT2D eigenvalue weighted by molar-refractivity contribution is -0.114. The molecule has 0 bridgehead atoms. The minimum atomic E-state index is -0.133. The maximum atomic E-state index is 12.0. The Labute approximate surface area is 139 Å². The number of aromatic nitrogens is 2. The summed E-state index contributed by atoms with van der Waals surface area (Å²) in [5.41, 5.74) is 3.17. The molecular weight excluding hydrogens is 312 g/mol. The van der Waals surface area contributed by atoms with Gasteiger partial charge in [0.05, 0.1) is 5.75 Å². The van der Waals surface area contributed by atoms with Crippen LogP contribution in [0.2, 0.25) is 0 Å². The van der Waals surface area contributed by atoms with Crippen molar-refractivity contribution in [3.05, 3.63) is 41.7 Å². The van der Waals surface area contributed by atoms with Crippen molar-refractivity contribution in [3.8, 4) is 0 Å². The quantitative estimate of drug-likeness (QED) is 0.650. The zero-order chi connectivity index (χ0) is 16.8. The molecule has 0 aliphatic carbocycles. The van der Waals surface area contributed by atoms with Gasteiger partial charge < -0.3 is 10.6 Å². The summed E-state index contributed by atoms with van der Waals surface area (Å²) in [7, 11) is 0. The zero-order valence-corrected chi connectivity index (χ0v) is 14.0. The van der Waals surface area contributed by atoms with Crippen LogP contribution in [0.4, 0.5) is 11.4 Å². The minimum absolute atomic E-state index is 0.126. The van der Waals surface area contributed by atoms with Gasteiger partial charge in [-0.15, -0.1) is 0 Å². The van der Waals surface area contributed by atoms with E-state index in [1.165, 1.54) is 18.7 Å². The zero-order valence-electron chi connectivity index (χ0n) is 13.2. The van der Waals surface area contributed by atoms with Gasteiger partial charge >= 0.3 is 0 Å². The van der Waals surface area contributed by atoms with Gasteiger partial charge in [-0.05, 0) is 43.7 Å². The molecule has 1 aromatic heterocycles. The van der Waals surface area contributed by atoms with Crippen molar-refractivity contribution < 1.29 is 9.59 Å². The standard InChI is InChI=1S/C16H18N4O2S/c1-10-8-13(4-5-14(10)19-12(3)21)20-15(22)9-23-16-17-7-6-11(2)18-16/h4-8H,9H2,1-3H3,(H,19,21)(H,20,22). The van der Waals surface area contributed by atoms with Gasteiger partial charge in [0.1, 0.15) is 0 Å². The Morgan fingerprint density at radius 3 is 2.61 bits per heavy atom. The van der Waals surface area contributed by atoms with Crippen molar-refractivity contribution in [1.29, 1.82) is 0 Å². The predicted molar refractivity (Wildman–Crippen MR) is 91.6 cm³/mol. The first-order valence-electron chi connectivity index (χ1n) is 7.04. The van der Waals surface area contributed by atoms with E-state index in [9.17, 15) is 9.59 Å². The van der Waals surface area contributed by atoms with E-state index in [1.54, 1.807) is 18.3 Å². The molecule has 120 valence electrons. The molecule has 1 aromatic carbocycles. The fourth-order valence-electron chi connectivity index (χ4n) is 1.89. The first-order valence-corrected chi connectivity index (χ1v) is 8.03. The molecule has 0 radical (unpaired) electrons. The Hall–Kier alpha value is -2.41. The highest BCUT2D eigenvalue weighted by Gasteiger charge is 2.07. The van der Waals surface area contributed by atoms with Crippen molar-refractivity contribution in [2.24, 2.45) is 0 Å². The van der Waals surface area contributed by atoms with Crippen molar-refractivity contribution in [1.82, 2.24) is 9.97 Å². The molecule has 0 aliphatic heterocycles. The molecule has 7 heteroatoms. The molecule has 0 unspecified atom stereocenters. The third-order valence-corrected chi connectivity index (χ3v) is 3.79. The lowest BCUT2D eigenvalue weighted by atomic mass is 10.1. The topological polar surface area (TPSA) is 84.0 Å². The average molecular weight is 330 g/mol. The second-order valence-corrected chi connectivity index (χ2v) is 5.97. The Morgan fingerprint density at radius 2 is 1.96 bits per heavy atom. The van der Waals surface area contributed by atoms with Crippen LogP contribution in [0.1, 0.15) is 18.2 Å². The molecule has 2 N–H and O–H groups in total. The Morgan fingerprint density at radius 1 is 1.17 bits per heavy atom. The summed E-state index contributed by atoms with van der Waals surface area (Å²) in [5.74, 6) is -0.0260. The smallest absolute Gasteiger partial charge is 0.234 e. The van der Waals surface area contributed by atoms with Crippen LogP contribution in [0.3, 0.4) is 0 Å². The van der Waals surface area contributed by atoms with Gasteiger partial charge in [-0.1, -0.05) is 11.8 Å². The van der Waals surface area contributed by atoms with E-state index in [-0.39, 0.29) is 17.6 Å². The van der Waals surface area contributed by atoms with Gasteiger partial charge in [0.2, 0.25) is 11.8 Å². The van der Waals surface area contributed by atoms with E-state index in [4.69, 9.17) is 0 Å². The number of nitrogens with one attached hydrogen (secondary N) is 2. The summed E-state index contributed by atoms with van der Waals surface area (Å²) in [6.07, 6.45) is 1.67. The summed E-state index contributed by atoms with van der Waals surface area (Å²) in [5, 5.41) is 6.13. The van der Waals surface area contributed by atoms with Gasteiger partial charge in [-0.25, -0.2) is 9.97 Å². The number of carbonyl (C=O) groups excluding carboxylic acids is 2. The first-order chi connectivity index (χ1) is 10.9. The van der Waals surface area contributed by atoms with Crippen LogP contribution < -0.4 is 10.6 Å². The largest absolute Gasteiger partial charge is 0.326 e. The normalized spacial score (nSPS) is 10.2. The molecule has 2 amide bonds. The molecule has 2 rings (SSSR count). The number of nitrogens with zero attached hydrogens (tertiary/aromatic N) is 2. The van der Waals surface area contributed by atoms with Crippen LogP contribution in [-0.4, -0.2) is 27.5 Å². The molecular formula is C16H18N4O2S. The average Bonchev–Trinajstić information content (AvgIpc) is 2.48. The maximum Gasteiger partial charge on any atom is 0.234 e. The molecule has 2 aromatic rings. The molecule has 6 nitrogen and oxygen atoms in total. The summed E-state index contributed by atoms with van der Waals surface area (Å²) in [6, 6.07) is 7.15. The Kier molecular flexibility index (Phi) is 5.70. The van der Waals surface area contributed by atoms with Gasteiger partial charge in [0.25, 0.3) is 0 Å². The number of hydrogen-bond donors (Lipinski definition) is 2. The van der Waals surface area contributed by atoms with Crippen LogP contribution in [0.5, 0.6) is 0 Å². The van der Waals surface area contributed by atoms with Crippen LogP contribution in [0.15, 0.2) is 35.6 Å². The SMILES string of the molecule is CC(=O)Nc1ccc(NC(=O)CSc2nccc(C)n2)cc1C. The highest BCUT2D eigenvalue weighted by molar-refractivity contribution is 7.99. The highest BCUT2D eigenvalue weighted by atomic mass is 32.2. The lowest BCUT2D eigenvalue weighted by Crippen LogP contribution is -2.15. The van der Waals surface area contributed by atoms with Crippen molar-refractivity contribution in [3.63, 3.8) is 0 Å². The van der Waals surface area contributed by atoms with Gasteiger partial charge in [-0.3, -0.25) is 9.59 Å². The van der Waals surface area contributed by atoms with Crippen LogP contribution >= 0.6 is 11.8 Å². The number of aryl methyl sites for hydroxylation is 2. The first kappa shape index (κ1) is 17.0. The molecule has 1 heterocycles. The third kappa shape index (κ3) is 5.37. The van der Waals surface area contributed by atoms with Crippen LogP contribution in [-0.2, 0) is 9.59 Å². The van der Waals surface area contributed by atoms with E-state index in [0.717, 1.165) is 16.9 Å². The number of carbonyl (C=O) groups is 2. The number of hydrogen-bond acceptors (Lipinski definition) is 5. The van der Waals surface area contributed by atoms with Crippen molar-refractivity contribution in [2.75, 3.05) is 16.4 Å². The Bertz CT molecular complexity index is 734. The Balaban J connectivity index is 1.92. The van der Waals surface area contributed by atoms with Crippen molar-refractivity contribution in [2.45, 2.75) is 25.9 Å². The van der Waals surface area contributed by atoms with Crippen LogP contribution in [0, 0.1) is 13.8 Å². The second kappa shape index (κ2) is 7.73. The molecule has 0 aliphatic rings. The number of amides is 2. The van der Waals surface area contributed by atoms with E-state index in [0.29, 0.717) is 10.8 Å². The fourth-order valence-corrected chi connectivity index (χ4v) is 2.57. The van der Waals surface area contributed by atoms with E-state index >= 15 is 0 Å². The summed E-state index contributed by atoms with van der Waals surface area (Å²) < 4.78 is 0. The lowest BCUT2D eigenvalue weighted by Gasteiger charge is -2.10. The highest BCUT2D eigenvalue weighted by Crippen LogP contribution is 2.20. The van der Waals surface area contributed by atoms with Crippen LogP contribution in [0.25, 0.3) is 0 Å². The number of rotatable bonds is 5. The van der Waals surface area contributed by atoms with Gasteiger partial charge in [0, 0.05) is 30.2 Å².